The summed E-state index contributed by atoms with van der Waals surface area (Å²) in [6.07, 6.45) is -4.62. The van der Waals surface area contributed by atoms with Crippen molar-refractivity contribution in [2.75, 3.05) is 17.2 Å². The molecule has 0 spiro atoms. The molecule has 0 aliphatic carbocycles. The van der Waals surface area contributed by atoms with Crippen molar-refractivity contribution in [1.29, 1.82) is 0 Å². The van der Waals surface area contributed by atoms with Crippen molar-refractivity contribution in [3.8, 4) is 0 Å². The summed E-state index contributed by atoms with van der Waals surface area (Å²) >= 11 is 0. The van der Waals surface area contributed by atoms with Crippen LogP contribution in [-0.4, -0.2) is 24.7 Å². The average Bonchev–Trinajstić information content (AvgIpc) is 2.61. The van der Waals surface area contributed by atoms with Crippen molar-refractivity contribution in [3.63, 3.8) is 0 Å². The molecule has 29 heavy (non-hydrogen) atoms. The van der Waals surface area contributed by atoms with Gasteiger partial charge in [0.15, 0.2) is 0 Å². The summed E-state index contributed by atoms with van der Waals surface area (Å²) in [6, 6.07) is 13.4. The summed E-state index contributed by atoms with van der Waals surface area (Å²) in [7, 11) is 0. The van der Waals surface area contributed by atoms with Crippen LogP contribution in [0.4, 0.5) is 29.3 Å². The first-order valence-corrected chi connectivity index (χ1v) is 9.03. The topological polar surface area (TPSA) is 70.2 Å². The highest BCUT2D eigenvalue weighted by Crippen LogP contribution is 2.23. The van der Waals surface area contributed by atoms with Crippen LogP contribution in [0.5, 0.6) is 0 Å². The van der Waals surface area contributed by atoms with Crippen LogP contribution in [0.3, 0.4) is 0 Å². The highest BCUT2D eigenvalue weighted by atomic mass is 19.4. The summed E-state index contributed by atoms with van der Waals surface area (Å²) in [5, 5.41) is 7.20. The van der Waals surface area contributed by atoms with E-state index in [1.54, 1.807) is 24.3 Å². The highest BCUT2D eigenvalue weighted by molar-refractivity contribution is 5.99. The molecule has 0 bridgehead atoms. The molecule has 2 aromatic rings. The van der Waals surface area contributed by atoms with Crippen LogP contribution in [0.2, 0.25) is 0 Å². The lowest BCUT2D eigenvalue weighted by Crippen LogP contribution is -2.34. The van der Waals surface area contributed by atoms with Gasteiger partial charge in [0, 0.05) is 11.4 Å². The normalized spacial score (nSPS) is 11.7. The van der Waals surface area contributed by atoms with Crippen LogP contribution in [0, 0.1) is 0 Å². The third-order valence-corrected chi connectivity index (χ3v) is 4.07. The van der Waals surface area contributed by atoms with Crippen LogP contribution in [-0.2, 0) is 16.6 Å². The molecule has 0 atom stereocenters. The number of benzene rings is 2. The Morgan fingerprint density at radius 3 is 1.76 bits per heavy atom. The first-order valence-electron chi connectivity index (χ1n) is 9.03. The molecule has 2 rings (SSSR count). The first kappa shape index (κ1) is 22.3. The molecule has 0 aromatic heterocycles. The van der Waals surface area contributed by atoms with Gasteiger partial charge in [-0.05, 0) is 40.8 Å². The second-order valence-electron chi connectivity index (χ2n) is 7.67. The van der Waals surface area contributed by atoms with Crippen LogP contribution < -0.4 is 16.0 Å². The van der Waals surface area contributed by atoms with E-state index in [0.29, 0.717) is 16.9 Å². The van der Waals surface area contributed by atoms with E-state index in [0.717, 1.165) is 5.56 Å². The van der Waals surface area contributed by atoms with E-state index in [1.165, 1.54) is 0 Å². The van der Waals surface area contributed by atoms with Gasteiger partial charge in [-0.25, -0.2) is 4.79 Å². The zero-order valence-electron chi connectivity index (χ0n) is 16.5. The summed E-state index contributed by atoms with van der Waals surface area (Å²) in [4.78, 5) is 23.6. The monoisotopic (exact) mass is 407 g/mol. The van der Waals surface area contributed by atoms with Gasteiger partial charge in [0.05, 0.1) is 6.42 Å². The number of amides is 3. The van der Waals surface area contributed by atoms with Gasteiger partial charge in [-0.2, -0.15) is 13.2 Å². The maximum absolute atomic E-state index is 12.1. The molecular formula is C21H24F3N3O2. The van der Waals surface area contributed by atoms with Crippen molar-refractivity contribution >= 4 is 23.3 Å². The Morgan fingerprint density at radius 2 is 1.31 bits per heavy atom. The smallest absolute Gasteiger partial charge is 0.347 e. The molecule has 3 N–H and O–H groups in total. The molecule has 0 saturated carbocycles. The number of nitrogens with one attached hydrogen (secondary N) is 3. The largest absolute Gasteiger partial charge is 0.405 e. The minimum atomic E-state index is -4.44. The lowest BCUT2D eigenvalue weighted by molar-refractivity contribution is -0.138. The van der Waals surface area contributed by atoms with E-state index in [9.17, 15) is 22.8 Å². The van der Waals surface area contributed by atoms with Gasteiger partial charge < -0.3 is 16.0 Å². The molecule has 8 heteroatoms. The molecule has 5 nitrogen and oxygen atoms in total. The number of hydrogen-bond donors (Lipinski definition) is 3. The Labute approximate surface area is 167 Å². The Morgan fingerprint density at radius 1 is 0.828 bits per heavy atom. The van der Waals surface area contributed by atoms with Crippen LogP contribution in [0.25, 0.3) is 0 Å². The number of carbonyl (C=O) groups excluding carboxylic acids is 2. The van der Waals surface area contributed by atoms with E-state index in [4.69, 9.17) is 0 Å². The molecule has 0 heterocycles. The Hall–Kier alpha value is -3.03. The molecule has 3 amide bonds. The van der Waals surface area contributed by atoms with Gasteiger partial charge in [-0.1, -0.05) is 45.0 Å². The van der Waals surface area contributed by atoms with Crippen molar-refractivity contribution in [2.24, 2.45) is 0 Å². The van der Waals surface area contributed by atoms with E-state index in [1.807, 2.05) is 29.6 Å². The van der Waals surface area contributed by atoms with Crippen LogP contribution in [0.15, 0.2) is 48.5 Å². The van der Waals surface area contributed by atoms with Crippen molar-refractivity contribution in [1.82, 2.24) is 5.32 Å². The van der Waals surface area contributed by atoms with Crippen molar-refractivity contribution in [3.05, 3.63) is 59.7 Å². The zero-order chi connectivity index (χ0) is 21.7. The molecule has 0 saturated heterocycles. The van der Waals surface area contributed by atoms with E-state index >= 15 is 0 Å². The zero-order valence-corrected chi connectivity index (χ0v) is 16.5. The summed E-state index contributed by atoms with van der Waals surface area (Å²) < 4.78 is 36.3. The molecule has 0 aliphatic heterocycles. The van der Waals surface area contributed by atoms with Crippen LogP contribution in [0.1, 0.15) is 31.9 Å². The molecule has 0 fully saturated rings. The van der Waals surface area contributed by atoms with E-state index in [2.05, 4.69) is 31.4 Å². The Kier molecular flexibility index (Phi) is 6.89. The summed E-state index contributed by atoms with van der Waals surface area (Å²) in [5.41, 5.74) is 2.85. The maximum Gasteiger partial charge on any atom is 0.405 e. The number of halogens is 3. The van der Waals surface area contributed by atoms with Crippen LogP contribution >= 0.6 is 0 Å². The minimum absolute atomic E-state index is 0.0200. The standard InChI is InChI=1S/C21H24F3N3O2/c1-20(2,3)15-6-10-17(11-7-15)27-19(29)26-16-8-4-14(5-9-16)12-18(28)25-13-21(22,23)24/h4-11H,12-13H2,1-3H3,(H,25,28)(H2,26,27,29). The third-order valence-electron chi connectivity index (χ3n) is 4.07. The maximum atomic E-state index is 12.1. The van der Waals surface area contributed by atoms with Gasteiger partial charge in [0.2, 0.25) is 5.91 Å². The van der Waals surface area contributed by atoms with Gasteiger partial charge in [-0.15, -0.1) is 0 Å². The van der Waals surface area contributed by atoms with E-state index in [-0.39, 0.29) is 11.8 Å². The Bertz CT molecular complexity index is 839. The summed E-state index contributed by atoms with van der Waals surface area (Å²) in [6.45, 7) is 4.95. The third kappa shape index (κ3) is 7.85. The van der Waals surface area contributed by atoms with Crippen molar-refractivity contribution in [2.45, 2.75) is 38.8 Å². The van der Waals surface area contributed by atoms with Crippen molar-refractivity contribution < 1.29 is 22.8 Å². The van der Waals surface area contributed by atoms with E-state index < -0.39 is 24.7 Å². The van der Waals surface area contributed by atoms with Gasteiger partial charge in [-0.3, -0.25) is 4.79 Å². The summed E-state index contributed by atoms with van der Waals surface area (Å²) in [5.74, 6) is -0.723. The lowest BCUT2D eigenvalue weighted by Gasteiger charge is -2.19. The molecular weight excluding hydrogens is 383 g/mol. The highest BCUT2D eigenvalue weighted by Gasteiger charge is 2.27. The predicted octanol–water partition coefficient (Wildman–Crippen LogP) is 4.85. The van der Waals surface area contributed by atoms with Gasteiger partial charge >= 0.3 is 12.2 Å². The fourth-order valence-corrected chi connectivity index (χ4v) is 2.50. The number of anilines is 2. The fourth-order valence-electron chi connectivity index (χ4n) is 2.50. The molecule has 0 radical (unpaired) electrons. The molecule has 0 aliphatic rings. The molecule has 2 aromatic carbocycles. The first-order chi connectivity index (χ1) is 13.4. The molecule has 0 unspecified atom stereocenters. The quantitative estimate of drug-likeness (QED) is 0.663. The van der Waals surface area contributed by atoms with Gasteiger partial charge in [0.25, 0.3) is 0 Å². The second-order valence-corrected chi connectivity index (χ2v) is 7.67. The number of alkyl halides is 3. The molecule has 156 valence electrons. The Balaban J connectivity index is 1.86. The number of urea groups is 1. The van der Waals surface area contributed by atoms with Gasteiger partial charge in [0.1, 0.15) is 6.54 Å². The lowest BCUT2D eigenvalue weighted by atomic mass is 9.87. The second kappa shape index (κ2) is 8.98. The predicted molar refractivity (Wildman–Crippen MR) is 107 cm³/mol. The minimum Gasteiger partial charge on any atom is -0.347 e. The number of hydrogen-bond acceptors (Lipinski definition) is 2. The average molecular weight is 407 g/mol. The SMILES string of the molecule is CC(C)(C)c1ccc(NC(=O)Nc2ccc(CC(=O)NCC(F)(F)F)cc2)cc1. The number of rotatable bonds is 5. The fraction of sp³-hybridized carbons (Fsp3) is 0.333. The number of carbonyl (C=O) groups is 2.